The van der Waals surface area contributed by atoms with Crippen molar-refractivity contribution in [2.75, 3.05) is 26.5 Å². The maximum atomic E-state index is 12.3. The highest BCUT2D eigenvalue weighted by Gasteiger charge is 2.40. The molecule has 1 amide bonds. The Morgan fingerprint density at radius 2 is 2.06 bits per heavy atom. The lowest BCUT2D eigenvalue weighted by Crippen LogP contribution is -2.54. The second kappa shape index (κ2) is 5.14. The number of rotatable bonds is 4. The van der Waals surface area contributed by atoms with Crippen LogP contribution in [0.25, 0.3) is 0 Å². The monoisotopic (exact) mass is 278 g/mol. The molecule has 0 saturated carbocycles. The number of likely N-dealkylation sites (N-methyl/N-ethyl adjacent to an activating group) is 1. The highest BCUT2D eigenvalue weighted by molar-refractivity contribution is 7.88. The number of aliphatic hydroxyl groups is 1. The van der Waals surface area contributed by atoms with Crippen molar-refractivity contribution in [3.8, 4) is 0 Å². The van der Waals surface area contributed by atoms with Gasteiger partial charge in [-0.15, -0.1) is 0 Å². The molecule has 1 rings (SSSR count). The van der Waals surface area contributed by atoms with E-state index in [4.69, 9.17) is 0 Å². The van der Waals surface area contributed by atoms with Gasteiger partial charge in [-0.3, -0.25) is 4.79 Å². The van der Waals surface area contributed by atoms with Crippen molar-refractivity contribution in [2.45, 2.75) is 38.3 Å². The highest BCUT2D eigenvalue weighted by Crippen LogP contribution is 2.24. The van der Waals surface area contributed by atoms with E-state index in [-0.39, 0.29) is 12.5 Å². The number of carbonyl (C=O) groups is 1. The summed E-state index contributed by atoms with van der Waals surface area (Å²) < 4.78 is 24.4. The van der Waals surface area contributed by atoms with E-state index >= 15 is 0 Å². The largest absolute Gasteiger partial charge is 0.394 e. The van der Waals surface area contributed by atoms with Gasteiger partial charge in [-0.2, -0.15) is 4.31 Å². The first-order chi connectivity index (χ1) is 8.11. The van der Waals surface area contributed by atoms with Crippen molar-refractivity contribution in [3.05, 3.63) is 0 Å². The Morgan fingerprint density at radius 3 is 2.50 bits per heavy atom. The lowest BCUT2D eigenvalue weighted by atomic mass is 10.0. The van der Waals surface area contributed by atoms with Gasteiger partial charge in [0, 0.05) is 13.6 Å². The normalized spacial score (nSPS) is 22.2. The standard InChI is InChI=1S/C11H22N2O4S/c1-11(2,8-14)12(3)10(15)9-6-5-7-13(9)18(4,16)17/h9,14H,5-8H2,1-4H3. The lowest BCUT2D eigenvalue weighted by molar-refractivity contribution is -0.139. The zero-order chi connectivity index (χ0) is 14.1. The van der Waals surface area contributed by atoms with Crippen LogP contribution >= 0.6 is 0 Å². The van der Waals surface area contributed by atoms with Crippen LogP contribution in [-0.2, 0) is 14.8 Å². The summed E-state index contributed by atoms with van der Waals surface area (Å²) in [5, 5.41) is 9.26. The summed E-state index contributed by atoms with van der Waals surface area (Å²) in [6.07, 6.45) is 2.35. The number of amides is 1. The van der Waals surface area contributed by atoms with Gasteiger partial charge in [0.15, 0.2) is 0 Å². The van der Waals surface area contributed by atoms with E-state index in [1.54, 1.807) is 20.9 Å². The first-order valence-electron chi connectivity index (χ1n) is 5.96. The van der Waals surface area contributed by atoms with Gasteiger partial charge < -0.3 is 10.0 Å². The Hall–Kier alpha value is -0.660. The third-order valence-corrected chi connectivity index (χ3v) is 4.83. The Morgan fingerprint density at radius 1 is 1.50 bits per heavy atom. The van der Waals surface area contributed by atoms with Crippen LogP contribution in [0.3, 0.4) is 0 Å². The van der Waals surface area contributed by atoms with E-state index in [1.807, 2.05) is 0 Å². The van der Waals surface area contributed by atoms with Gasteiger partial charge in [0.1, 0.15) is 6.04 Å². The van der Waals surface area contributed by atoms with Crippen LogP contribution in [0, 0.1) is 0 Å². The molecule has 1 fully saturated rings. The number of hydrogen-bond donors (Lipinski definition) is 1. The maximum absolute atomic E-state index is 12.3. The van der Waals surface area contributed by atoms with Crippen molar-refractivity contribution in [1.29, 1.82) is 0 Å². The molecule has 0 radical (unpaired) electrons. The van der Waals surface area contributed by atoms with Crippen LogP contribution in [0.5, 0.6) is 0 Å². The van der Waals surface area contributed by atoms with Gasteiger partial charge in [0.05, 0.1) is 18.4 Å². The van der Waals surface area contributed by atoms with Crippen molar-refractivity contribution < 1.29 is 18.3 Å². The third kappa shape index (κ3) is 3.02. The minimum absolute atomic E-state index is 0.166. The summed E-state index contributed by atoms with van der Waals surface area (Å²) in [6, 6.07) is -0.629. The van der Waals surface area contributed by atoms with Gasteiger partial charge in [-0.25, -0.2) is 8.42 Å². The fourth-order valence-corrected chi connectivity index (χ4v) is 3.13. The number of nitrogens with zero attached hydrogens (tertiary/aromatic N) is 2. The molecule has 0 aromatic heterocycles. The Bertz CT molecular complexity index is 419. The molecular formula is C11H22N2O4S. The van der Waals surface area contributed by atoms with E-state index in [9.17, 15) is 18.3 Å². The summed E-state index contributed by atoms with van der Waals surface area (Å²) in [7, 11) is -1.76. The fourth-order valence-electron chi connectivity index (χ4n) is 2.01. The molecule has 7 heteroatoms. The molecule has 1 heterocycles. The number of sulfonamides is 1. The Kier molecular flexibility index (Phi) is 4.40. The van der Waals surface area contributed by atoms with Crippen LogP contribution in [0.2, 0.25) is 0 Å². The maximum Gasteiger partial charge on any atom is 0.241 e. The van der Waals surface area contributed by atoms with Crippen LogP contribution < -0.4 is 0 Å². The Balaban J connectivity index is 2.91. The van der Waals surface area contributed by atoms with E-state index < -0.39 is 21.6 Å². The zero-order valence-corrected chi connectivity index (χ0v) is 12.2. The summed E-state index contributed by atoms with van der Waals surface area (Å²) in [5.41, 5.74) is -0.692. The van der Waals surface area contributed by atoms with Gasteiger partial charge in [-0.05, 0) is 26.7 Å². The minimum Gasteiger partial charge on any atom is -0.394 e. The van der Waals surface area contributed by atoms with E-state index in [2.05, 4.69) is 0 Å². The van der Waals surface area contributed by atoms with Crippen molar-refractivity contribution in [2.24, 2.45) is 0 Å². The van der Waals surface area contributed by atoms with Crippen LogP contribution in [0.1, 0.15) is 26.7 Å². The average molecular weight is 278 g/mol. The average Bonchev–Trinajstić information content (AvgIpc) is 2.75. The van der Waals surface area contributed by atoms with Gasteiger partial charge in [0.2, 0.25) is 15.9 Å². The molecule has 1 N–H and O–H groups in total. The number of aliphatic hydroxyl groups excluding tert-OH is 1. The second-order valence-corrected chi connectivity index (χ2v) is 7.33. The quantitative estimate of drug-likeness (QED) is 0.762. The van der Waals surface area contributed by atoms with Gasteiger partial charge >= 0.3 is 0 Å². The molecule has 1 atom stereocenters. The van der Waals surface area contributed by atoms with E-state index in [0.717, 1.165) is 6.26 Å². The first-order valence-corrected chi connectivity index (χ1v) is 7.81. The molecule has 0 aliphatic carbocycles. The molecule has 6 nitrogen and oxygen atoms in total. The van der Waals surface area contributed by atoms with Gasteiger partial charge in [-0.1, -0.05) is 0 Å². The molecule has 0 bridgehead atoms. The SMILES string of the molecule is CN(C(=O)C1CCCN1S(C)(=O)=O)C(C)(C)CO. The lowest BCUT2D eigenvalue weighted by Gasteiger charge is -2.37. The molecular weight excluding hydrogens is 256 g/mol. The molecule has 106 valence electrons. The third-order valence-electron chi connectivity index (χ3n) is 3.54. The highest BCUT2D eigenvalue weighted by atomic mass is 32.2. The zero-order valence-electron chi connectivity index (χ0n) is 11.4. The minimum atomic E-state index is -3.36. The molecule has 0 spiro atoms. The molecule has 1 aliphatic rings. The summed E-state index contributed by atoms with van der Waals surface area (Å²) in [6.45, 7) is 3.71. The Labute approximate surface area is 109 Å². The predicted molar refractivity (Wildman–Crippen MR) is 68.5 cm³/mol. The van der Waals surface area contributed by atoms with Gasteiger partial charge in [0.25, 0.3) is 0 Å². The molecule has 1 unspecified atom stereocenters. The molecule has 1 aliphatic heterocycles. The molecule has 18 heavy (non-hydrogen) atoms. The summed E-state index contributed by atoms with van der Waals surface area (Å²) in [4.78, 5) is 13.7. The van der Waals surface area contributed by atoms with E-state index in [1.165, 1.54) is 9.21 Å². The van der Waals surface area contributed by atoms with Crippen molar-refractivity contribution in [1.82, 2.24) is 9.21 Å². The summed E-state index contributed by atoms with van der Waals surface area (Å²) in [5.74, 6) is -0.253. The van der Waals surface area contributed by atoms with Crippen LogP contribution in [0.15, 0.2) is 0 Å². The van der Waals surface area contributed by atoms with Crippen molar-refractivity contribution >= 4 is 15.9 Å². The van der Waals surface area contributed by atoms with Crippen LogP contribution in [-0.4, -0.2) is 66.7 Å². The predicted octanol–water partition coefficient (Wildman–Crippen LogP) is -0.360. The molecule has 0 aromatic carbocycles. The van der Waals surface area contributed by atoms with Crippen molar-refractivity contribution in [3.63, 3.8) is 0 Å². The second-order valence-electron chi connectivity index (χ2n) is 5.40. The topological polar surface area (TPSA) is 77.9 Å². The molecule has 0 aromatic rings. The number of hydrogen-bond acceptors (Lipinski definition) is 4. The van der Waals surface area contributed by atoms with Crippen LogP contribution in [0.4, 0.5) is 0 Å². The van der Waals surface area contributed by atoms with E-state index in [0.29, 0.717) is 19.4 Å². The smallest absolute Gasteiger partial charge is 0.241 e. The fraction of sp³-hybridized carbons (Fsp3) is 0.909. The molecule has 1 saturated heterocycles. The summed E-state index contributed by atoms with van der Waals surface area (Å²) >= 11 is 0. The number of carbonyl (C=O) groups excluding carboxylic acids is 1. The first kappa shape index (κ1) is 15.4.